The van der Waals surface area contributed by atoms with Crippen LogP contribution in [0.5, 0.6) is 0 Å². The van der Waals surface area contributed by atoms with Gasteiger partial charge in [0.15, 0.2) is 0 Å². The number of rotatable bonds is 6. The molecular formula is C19H18ClFN4O4S2. The average Bonchev–Trinajstić information content (AvgIpc) is 3.39. The predicted molar refractivity (Wildman–Crippen MR) is 113 cm³/mol. The lowest BCUT2D eigenvalue weighted by molar-refractivity contribution is -0.120. The van der Waals surface area contributed by atoms with Crippen molar-refractivity contribution in [2.24, 2.45) is 0 Å². The molecule has 1 aliphatic rings. The number of carbonyl (C=O) groups is 1. The minimum atomic E-state index is -3.86. The molecule has 0 saturated carbocycles. The van der Waals surface area contributed by atoms with Crippen LogP contribution >= 0.6 is 22.9 Å². The molecule has 1 aromatic carbocycles. The molecule has 1 atom stereocenters. The third-order valence-corrected chi connectivity index (χ3v) is 8.44. The first-order valence-electron chi connectivity index (χ1n) is 9.48. The molecular weight excluding hydrogens is 467 g/mol. The Kier molecular flexibility index (Phi) is 6.37. The normalized spacial score (nSPS) is 17.5. The molecule has 31 heavy (non-hydrogen) atoms. The highest BCUT2D eigenvalue weighted by atomic mass is 35.5. The molecule has 3 aromatic rings. The third kappa shape index (κ3) is 4.95. The van der Waals surface area contributed by atoms with Crippen molar-refractivity contribution in [2.45, 2.75) is 35.9 Å². The zero-order valence-corrected chi connectivity index (χ0v) is 18.5. The van der Waals surface area contributed by atoms with Crippen LogP contribution < -0.4 is 5.32 Å². The van der Waals surface area contributed by atoms with Crippen molar-refractivity contribution >= 4 is 44.9 Å². The number of thiophene rings is 1. The molecule has 2 aromatic heterocycles. The number of piperidine rings is 1. The van der Waals surface area contributed by atoms with Crippen LogP contribution in [0.3, 0.4) is 0 Å². The standard InChI is InChI=1S/C19H18ClFN4O4S2/c20-15-8-9-17(30-15)31(27,28)25-10-2-1-3-14(25)18(26)22-19-24-23-16(29-19)11-12-4-6-13(21)7-5-12/h4-9,14H,1-3,10-11H2,(H,22,24,26). The number of hydrogen-bond acceptors (Lipinski definition) is 7. The third-order valence-electron chi connectivity index (χ3n) is 4.83. The zero-order valence-electron chi connectivity index (χ0n) is 16.1. The summed E-state index contributed by atoms with van der Waals surface area (Å²) in [4.78, 5) is 12.9. The van der Waals surface area contributed by atoms with E-state index in [1.807, 2.05) is 0 Å². The first kappa shape index (κ1) is 21.9. The maximum absolute atomic E-state index is 13.0. The number of aromatic nitrogens is 2. The van der Waals surface area contributed by atoms with Gasteiger partial charge >= 0.3 is 6.01 Å². The quantitative estimate of drug-likeness (QED) is 0.572. The molecule has 1 unspecified atom stereocenters. The minimum absolute atomic E-state index is 0.0941. The maximum Gasteiger partial charge on any atom is 0.322 e. The second-order valence-corrected chi connectivity index (χ2v) is 10.8. The van der Waals surface area contributed by atoms with E-state index in [0.717, 1.165) is 23.3 Å². The monoisotopic (exact) mass is 484 g/mol. The summed E-state index contributed by atoms with van der Waals surface area (Å²) < 4.78 is 46.2. The van der Waals surface area contributed by atoms with E-state index in [1.54, 1.807) is 12.1 Å². The summed E-state index contributed by atoms with van der Waals surface area (Å²) in [6, 6.07) is 7.78. The highest BCUT2D eigenvalue weighted by molar-refractivity contribution is 7.91. The van der Waals surface area contributed by atoms with Gasteiger partial charge in [-0.05, 0) is 42.7 Å². The van der Waals surface area contributed by atoms with E-state index in [0.29, 0.717) is 17.2 Å². The van der Waals surface area contributed by atoms with Crippen LogP contribution in [-0.2, 0) is 21.2 Å². The average molecular weight is 485 g/mol. The molecule has 1 saturated heterocycles. The van der Waals surface area contributed by atoms with E-state index in [9.17, 15) is 17.6 Å². The fourth-order valence-electron chi connectivity index (χ4n) is 3.35. The number of nitrogens with one attached hydrogen (secondary N) is 1. The van der Waals surface area contributed by atoms with Gasteiger partial charge in [-0.3, -0.25) is 10.1 Å². The Labute approximate surface area is 187 Å². The lowest BCUT2D eigenvalue weighted by Gasteiger charge is -2.32. The van der Waals surface area contributed by atoms with Crippen molar-refractivity contribution in [3.8, 4) is 0 Å². The van der Waals surface area contributed by atoms with Crippen molar-refractivity contribution in [3.05, 3.63) is 58.0 Å². The van der Waals surface area contributed by atoms with Gasteiger partial charge in [0.05, 0.1) is 10.8 Å². The van der Waals surface area contributed by atoms with Crippen molar-refractivity contribution in [3.63, 3.8) is 0 Å². The van der Waals surface area contributed by atoms with Gasteiger partial charge in [-0.1, -0.05) is 35.3 Å². The highest BCUT2D eigenvalue weighted by Crippen LogP contribution is 2.32. The molecule has 0 aliphatic carbocycles. The summed E-state index contributed by atoms with van der Waals surface area (Å²) in [6.07, 6.45) is 2.02. The van der Waals surface area contributed by atoms with Crippen LogP contribution in [0, 0.1) is 5.82 Å². The van der Waals surface area contributed by atoms with Crippen molar-refractivity contribution < 1.29 is 22.0 Å². The Morgan fingerprint density at radius 2 is 2.00 bits per heavy atom. The number of hydrogen-bond donors (Lipinski definition) is 1. The van der Waals surface area contributed by atoms with Crippen molar-refractivity contribution in [2.75, 3.05) is 11.9 Å². The fourth-order valence-corrected chi connectivity index (χ4v) is 6.62. The van der Waals surface area contributed by atoms with E-state index in [4.69, 9.17) is 16.0 Å². The molecule has 3 heterocycles. The fraction of sp³-hybridized carbons (Fsp3) is 0.316. The summed E-state index contributed by atoms with van der Waals surface area (Å²) in [5.74, 6) is -0.648. The van der Waals surface area contributed by atoms with Crippen LogP contribution in [0.2, 0.25) is 4.34 Å². The van der Waals surface area contributed by atoms with E-state index >= 15 is 0 Å². The molecule has 4 rings (SSSR count). The SMILES string of the molecule is O=C(Nc1nnc(Cc2ccc(F)cc2)o1)C1CCCCN1S(=O)(=O)c1ccc(Cl)s1. The molecule has 1 N–H and O–H groups in total. The molecule has 1 fully saturated rings. The molecule has 0 radical (unpaired) electrons. The summed E-state index contributed by atoms with van der Waals surface area (Å²) in [5.41, 5.74) is 0.766. The van der Waals surface area contributed by atoms with Crippen LogP contribution in [0.4, 0.5) is 10.4 Å². The molecule has 1 aliphatic heterocycles. The van der Waals surface area contributed by atoms with Crippen LogP contribution in [0.1, 0.15) is 30.7 Å². The van der Waals surface area contributed by atoms with E-state index in [-0.39, 0.29) is 34.9 Å². The van der Waals surface area contributed by atoms with Gasteiger partial charge in [0.2, 0.25) is 11.8 Å². The first-order chi connectivity index (χ1) is 14.8. The van der Waals surface area contributed by atoms with Crippen molar-refractivity contribution in [1.29, 1.82) is 0 Å². The van der Waals surface area contributed by atoms with Crippen LogP contribution in [-0.4, -0.2) is 41.4 Å². The van der Waals surface area contributed by atoms with Gasteiger partial charge < -0.3 is 4.42 Å². The Bertz CT molecular complexity index is 1180. The lowest BCUT2D eigenvalue weighted by Crippen LogP contribution is -2.49. The van der Waals surface area contributed by atoms with Gasteiger partial charge in [0.1, 0.15) is 16.1 Å². The Morgan fingerprint density at radius 1 is 1.23 bits per heavy atom. The minimum Gasteiger partial charge on any atom is -0.407 e. The Hall–Kier alpha value is -2.34. The molecule has 0 bridgehead atoms. The molecule has 1 amide bonds. The number of nitrogens with zero attached hydrogens (tertiary/aromatic N) is 3. The van der Waals surface area contributed by atoms with E-state index in [2.05, 4.69) is 15.5 Å². The van der Waals surface area contributed by atoms with Crippen LogP contribution in [0.25, 0.3) is 0 Å². The number of benzene rings is 1. The lowest BCUT2D eigenvalue weighted by atomic mass is 10.0. The van der Waals surface area contributed by atoms with Crippen LogP contribution in [0.15, 0.2) is 45.0 Å². The molecule has 0 spiro atoms. The number of amides is 1. The van der Waals surface area contributed by atoms with Gasteiger partial charge in [-0.25, -0.2) is 12.8 Å². The maximum atomic E-state index is 13.0. The van der Waals surface area contributed by atoms with Gasteiger partial charge in [-0.15, -0.1) is 16.4 Å². The Balaban J connectivity index is 1.47. The smallest absolute Gasteiger partial charge is 0.322 e. The number of anilines is 1. The number of carbonyl (C=O) groups excluding carboxylic acids is 1. The van der Waals surface area contributed by atoms with E-state index < -0.39 is 22.0 Å². The summed E-state index contributed by atoms with van der Waals surface area (Å²) >= 11 is 6.84. The van der Waals surface area contributed by atoms with Gasteiger partial charge in [0.25, 0.3) is 10.0 Å². The number of sulfonamides is 1. The first-order valence-corrected chi connectivity index (χ1v) is 12.1. The number of halogens is 2. The summed E-state index contributed by atoms with van der Waals surface area (Å²) in [6.45, 7) is 0.232. The Morgan fingerprint density at radius 3 is 2.71 bits per heavy atom. The largest absolute Gasteiger partial charge is 0.407 e. The topological polar surface area (TPSA) is 105 Å². The second kappa shape index (κ2) is 9.03. The molecule has 164 valence electrons. The van der Waals surface area contributed by atoms with Gasteiger partial charge in [-0.2, -0.15) is 4.31 Å². The summed E-state index contributed by atoms with van der Waals surface area (Å²) in [5, 5.41) is 10.2. The van der Waals surface area contributed by atoms with Gasteiger partial charge in [0, 0.05) is 6.54 Å². The second-order valence-electron chi connectivity index (χ2n) is 6.98. The molecule has 8 nitrogen and oxygen atoms in total. The molecule has 12 heteroatoms. The zero-order chi connectivity index (χ0) is 22.0. The van der Waals surface area contributed by atoms with Crippen molar-refractivity contribution in [1.82, 2.24) is 14.5 Å². The van der Waals surface area contributed by atoms with E-state index in [1.165, 1.54) is 28.6 Å². The highest BCUT2D eigenvalue weighted by Gasteiger charge is 2.38. The summed E-state index contributed by atoms with van der Waals surface area (Å²) in [7, 11) is -3.86. The predicted octanol–water partition coefficient (Wildman–Crippen LogP) is 3.70.